The predicted octanol–water partition coefficient (Wildman–Crippen LogP) is 2.74. The van der Waals surface area contributed by atoms with E-state index in [4.69, 9.17) is 9.15 Å². The highest BCUT2D eigenvalue weighted by atomic mass is 32.2. The van der Waals surface area contributed by atoms with E-state index in [1.54, 1.807) is 0 Å². The van der Waals surface area contributed by atoms with E-state index in [9.17, 15) is 13.2 Å². The van der Waals surface area contributed by atoms with Gasteiger partial charge >= 0.3 is 6.01 Å². The van der Waals surface area contributed by atoms with E-state index in [0.717, 1.165) is 32.1 Å². The Kier molecular flexibility index (Phi) is 5.66. The smallest absolute Gasteiger partial charge is 0.322 e. The van der Waals surface area contributed by atoms with Gasteiger partial charge in [-0.25, -0.2) is 8.42 Å². The summed E-state index contributed by atoms with van der Waals surface area (Å²) in [5.41, 5.74) is 0.299. The Morgan fingerprint density at radius 1 is 1.14 bits per heavy atom. The summed E-state index contributed by atoms with van der Waals surface area (Å²) in [5, 5.41) is 10.3. The normalized spacial score (nSPS) is 23.2. The van der Waals surface area contributed by atoms with Gasteiger partial charge in [-0.15, -0.1) is 5.10 Å². The molecule has 0 bridgehead atoms. The lowest BCUT2D eigenvalue weighted by Crippen LogP contribution is -2.41. The minimum absolute atomic E-state index is 0.0145. The second kappa shape index (κ2) is 8.21. The Balaban J connectivity index is 1.44. The van der Waals surface area contributed by atoms with E-state index >= 15 is 0 Å². The van der Waals surface area contributed by atoms with Gasteiger partial charge in [0.1, 0.15) is 6.10 Å². The summed E-state index contributed by atoms with van der Waals surface area (Å²) >= 11 is 0. The van der Waals surface area contributed by atoms with E-state index in [1.165, 1.54) is 28.6 Å². The minimum Gasteiger partial charge on any atom is -0.405 e. The van der Waals surface area contributed by atoms with Crippen LogP contribution in [0, 0.1) is 0 Å². The third kappa shape index (κ3) is 4.19. The number of carbonyl (C=O) groups excluding carboxylic acids is 1. The molecule has 1 aromatic carbocycles. The molecule has 2 aliphatic rings. The number of hydrogen-bond acceptors (Lipinski definition) is 7. The van der Waals surface area contributed by atoms with Crippen LogP contribution < -0.4 is 5.32 Å². The standard InChI is InChI=1S/C19H24N4O5S/c1-13-5-2-3-11-23(13)29(25,26)15-9-7-14(8-10-15)17(24)20-19-22-21-18(28-19)16-6-4-12-27-16/h7-10,13,16H,2-6,11-12H2,1H3,(H,20,22,24)/t13-,16-/m1/s1. The summed E-state index contributed by atoms with van der Waals surface area (Å²) in [5.74, 6) is -0.113. The molecule has 9 nitrogen and oxygen atoms in total. The van der Waals surface area contributed by atoms with Gasteiger partial charge in [-0.3, -0.25) is 10.1 Å². The van der Waals surface area contributed by atoms with Crippen molar-refractivity contribution >= 4 is 21.9 Å². The summed E-state index contributed by atoms with van der Waals surface area (Å²) in [6.45, 7) is 3.10. The van der Waals surface area contributed by atoms with Gasteiger partial charge in [0, 0.05) is 24.8 Å². The zero-order valence-electron chi connectivity index (χ0n) is 16.2. The van der Waals surface area contributed by atoms with Crippen molar-refractivity contribution in [3.8, 4) is 0 Å². The summed E-state index contributed by atoms with van der Waals surface area (Å²) in [6.07, 6.45) is 4.27. The van der Waals surface area contributed by atoms with Gasteiger partial charge in [0.15, 0.2) is 0 Å². The van der Waals surface area contributed by atoms with Crippen LogP contribution in [0.1, 0.15) is 61.4 Å². The van der Waals surface area contributed by atoms with E-state index in [1.807, 2.05) is 6.92 Å². The highest BCUT2D eigenvalue weighted by Gasteiger charge is 2.31. The number of piperidine rings is 1. The molecule has 1 amide bonds. The van der Waals surface area contributed by atoms with Crippen LogP contribution in [-0.2, 0) is 14.8 Å². The van der Waals surface area contributed by atoms with Crippen LogP contribution >= 0.6 is 0 Å². The fourth-order valence-electron chi connectivity index (χ4n) is 3.70. The number of benzene rings is 1. The van der Waals surface area contributed by atoms with Crippen molar-refractivity contribution in [1.82, 2.24) is 14.5 Å². The fraction of sp³-hybridized carbons (Fsp3) is 0.526. The van der Waals surface area contributed by atoms with Crippen LogP contribution in [-0.4, -0.2) is 48.0 Å². The molecular weight excluding hydrogens is 396 g/mol. The van der Waals surface area contributed by atoms with E-state index < -0.39 is 15.9 Å². The largest absolute Gasteiger partial charge is 0.405 e. The third-order valence-corrected chi connectivity index (χ3v) is 7.36. The zero-order valence-corrected chi connectivity index (χ0v) is 17.0. The number of nitrogens with zero attached hydrogens (tertiary/aromatic N) is 3. The number of anilines is 1. The Bertz CT molecular complexity index is 967. The van der Waals surface area contributed by atoms with Crippen LogP contribution in [0.25, 0.3) is 0 Å². The monoisotopic (exact) mass is 420 g/mol. The van der Waals surface area contributed by atoms with Crippen LogP contribution in [0.3, 0.4) is 0 Å². The van der Waals surface area contributed by atoms with E-state index in [2.05, 4.69) is 15.5 Å². The molecule has 0 spiro atoms. The first-order valence-electron chi connectivity index (χ1n) is 9.83. The summed E-state index contributed by atoms with van der Waals surface area (Å²) < 4.78 is 38.2. The molecule has 4 rings (SSSR count). The highest BCUT2D eigenvalue weighted by Crippen LogP contribution is 2.28. The maximum absolute atomic E-state index is 12.9. The van der Waals surface area contributed by atoms with Gasteiger partial charge in [-0.2, -0.15) is 4.31 Å². The lowest BCUT2D eigenvalue weighted by Gasteiger charge is -2.32. The first-order valence-corrected chi connectivity index (χ1v) is 11.3. The Labute approximate surface area is 169 Å². The van der Waals surface area contributed by atoms with Gasteiger partial charge < -0.3 is 9.15 Å². The molecule has 3 heterocycles. The Morgan fingerprint density at radius 2 is 1.93 bits per heavy atom. The van der Waals surface area contributed by atoms with Crippen molar-refractivity contribution in [2.45, 2.75) is 56.1 Å². The molecule has 1 aromatic heterocycles. The highest BCUT2D eigenvalue weighted by molar-refractivity contribution is 7.89. The van der Waals surface area contributed by atoms with E-state index in [-0.39, 0.29) is 23.1 Å². The molecule has 2 atom stereocenters. The topological polar surface area (TPSA) is 115 Å². The maximum atomic E-state index is 12.9. The zero-order chi connectivity index (χ0) is 20.4. The first-order chi connectivity index (χ1) is 13.9. The van der Waals surface area contributed by atoms with Gasteiger partial charge in [-0.05, 0) is 56.9 Å². The second-order valence-electron chi connectivity index (χ2n) is 7.39. The van der Waals surface area contributed by atoms with Crippen molar-refractivity contribution in [1.29, 1.82) is 0 Å². The van der Waals surface area contributed by atoms with E-state index in [0.29, 0.717) is 24.6 Å². The first kappa shape index (κ1) is 20.0. The van der Waals surface area contributed by atoms with Crippen LogP contribution in [0.15, 0.2) is 33.6 Å². The van der Waals surface area contributed by atoms with Crippen LogP contribution in [0.4, 0.5) is 6.01 Å². The molecule has 10 heteroatoms. The summed E-state index contributed by atoms with van der Waals surface area (Å²) in [7, 11) is -3.57. The number of sulfonamides is 1. The molecule has 2 saturated heterocycles. The van der Waals surface area contributed by atoms with Crippen molar-refractivity contribution in [3.63, 3.8) is 0 Å². The van der Waals surface area contributed by atoms with Gasteiger partial charge in [0.2, 0.25) is 15.9 Å². The van der Waals surface area contributed by atoms with Gasteiger partial charge in [-0.1, -0.05) is 11.5 Å². The van der Waals surface area contributed by atoms with Crippen molar-refractivity contribution in [3.05, 3.63) is 35.7 Å². The molecule has 1 N–H and O–H groups in total. The number of carbonyl (C=O) groups is 1. The molecule has 0 unspecified atom stereocenters. The van der Waals surface area contributed by atoms with Crippen molar-refractivity contribution < 1.29 is 22.4 Å². The summed E-state index contributed by atoms with van der Waals surface area (Å²) in [6, 6.07) is 5.84. The Hall–Kier alpha value is -2.30. The van der Waals surface area contributed by atoms with Crippen LogP contribution in [0.2, 0.25) is 0 Å². The van der Waals surface area contributed by atoms with Gasteiger partial charge in [0.05, 0.1) is 4.90 Å². The number of amides is 1. The molecule has 29 heavy (non-hydrogen) atoms. The lowest BCUT2D eigenvalue weighted by molar-refractivity contribution is 0.0893. The average molecular weight is 420 g/mol. The van der Waals surface area contributed by atoms with Gasteiger partial charge in [0.25, 0.3) is 5.91 Å². The Morgan fingerprint density at radius 3 is 2.62 bits per heavy atom. The second-order valence-corrected chi connectivity index (χ2v) is 9.28. The molecule has 0 saturated carbocycles. The van der Waals surface area contributed by atoms with Crippen molar-refractivity contribution in [2.24, 2.45) is 0 Å². The molecule has 2 fully saturated rings. The molecule has 0 aliphatic carbocycles. The number of nitrogens with one attached hydrogen (secondary N) is 1. The molecule has 156 valence electrons. The number of hydrogen-bond donors (Lipinski definition) is 1. The summed E-state index contributed by atoms with van der Waals surface area (Å²) in [4.78, 5) is 12.6. The molecular formula is C19H24N4O5S. The lowest BCUT2D eigenvalue weighted by atomic mass is 10.1. The minimum atomic E-state index is -3.57. The molecule has 2 aliphatic heterocycles. The number of ether oxygens (including phenoxy) is 1. The predicted molar refractivity (Wildman–Crippen MR) is 104 cm³/mol. The SMILES string of the molecule is C[C@@H]1CCCCN1S(=O)(=O)c1ccc(C(=O)Nc2nnc([C@H]3CCCO3)o2)cc1. The van der Waals surface area contributed by atoms with Crippen LogP contribution in [0.5, 0.6) is 0 Å². The quantitative estimate of drug-likeness (QED) is 0.791. The third-order valence-electron chi connectivity index (χ3n) is 5.33. The molecule has 2 aromatic rings. The molecule has 0 radical (unpaired) electrons. The number of rotatable bonds is 5. The fourth-order valence-corrected chi connectivity index (χ4v) is 5.40. The number of aromatic nitrogens is 2. The average Bonchev–Trinajstić information content (AvgIpc) is 3.40. The maximum Gasteiger partial charge on any atom is 0.322 e. The van der Waals surface area contributed by atoms with Crippen molar-refractivity contribution in [2.75, 3.05) is 18.5 Å².